The molecule has 0 saturated heterocycles. The van der Waals surface area contributed by atoms with Gasteiger partial charge in [0, 0.05) is 16.5 Å². The molecular weight excluding hydrogens is 266 g/mol. The van der Waals surface area contributed by atoms with E-state index in [9.17, 15) is 0 Å². The van der Waals surface area contributed by atoms with Gasteiger partial charge in [0.2, 0.25) is 0 Å². The van der Waals surface area contributed by atoms with Crippen LogP contribution < -0.4 is 5.32 Å². The number of benzene rings is 2. The largest absolute Gasteiger partial charge is 0.334 e. The number of nitrogens with zero attached hydrogens (tertiary/aromatic N) is 2. The Labute approximate surface area is 121 Å². The second-order valence-electron chi connectivity index (χ2n) is 4.68. The molecule has 0 saturated carbocycles. The molecule has 0 spiro atoms. The molecule has 1 aromatic heterocycles. The maximum absolute atomic E-state index is 4.73. The smallest absolute Gasteiger partial charge is 0.161 e. The molecule has 0 atom stereocenters. The topological polar surface area (TPSA) is 37.3 Å². The van der Waals surface area contributed by atoms with Crippen LogP contribution in [0, 0.1) is 0 Å². The Balaban J connectivity index is 2.01. The van der Waals surface area contributed by atoms with Crippen molar-refractivity contribution in [1.29, 1.82) is 0 Å². The summed E-state index contributed by atoms with van der Waals surface area (Å²) in [6.45, 7) is 0.897. The van der Waals surface area contributed by atoms with Gasteiger partial charge in [-0.05, 0) is 12.1 Å². The zero-order valence-corrected chi connectivity index (χ0v) is 11.7. The number of hydrogen-bond acceptors (Lipinski definition) is 4. The Kier molecular flexibility index (Phi) is 2.81. The summed E-state index contributed by atoms with van der Waals surface area (Å²) in [6.07, 6.45) is 0. The zero-order valence-electron chi connectivity index (χ0n) is 10.8. The third kappa shape index (κ3) is 1.93. The number of aromatic nitrogens is 1. The van der Waals surface area contributed by atoms with Gasteiger partial charge in [-0.3, -0.25) is 4.99 Å². The van der Waals surface area contributed by atoms with Crippen molar-refractivity contribution in [1.82, 2.24) is 4.98 Å². The molecule has 3 nitrogen and oxygen atoms in total. The van der Waals surface area contributed by atoms with Crippen LogP contribution in [0.4, 0.5) is 5.69 Å². The first-order chi connectivity index (χ1) is 9.92. The highest BCUT2D eigenvalue weighted by Gasteiger charge is 2.12. The minimum atomic E-state index is 0.897. The lowest BCUT2D eigenvalue weighted by atomic mass is 10.1. The lowest BCUT2D eigenvalue weighted by molar-refractivity contribution is 1.17. The van der Waals surface area contributed by atoms with Gasteiger partial charge >= 0.3 is 0 Å². The summed E-state index contributed by atoms with van der Waals surface area (Å²) in [7, 11) is 0. The number of aliphatic imine (C=N–C) groups is 1. The van der Waals surface area contributed by atoms with E-state index in [1.165, 1.54) is 0 Å². The Morgan fingerprint density at radius 2 is 1.55 bits per heavy atom. The second-order valence-corrected chi connectivity index (χ2v) is 5.77. The van der Waals surface area contributed by atoms with Crippen LogP contribution in [-0.2, 0) is 0 Å². The van der Waals surface area contributed by atoms with Gasteiger partial charge < -0.3 is 5.32 Å². The van der Waals surface area contributed by atoms with Crippen LogP contribution in [-0.4, -0.2) is 22.4 Å². The first-order valence-corrected chi connectivity index (χ1v) is 7.62. The molecule has 0 unspecified atom stereocenters. The highest BCUT2D eigenvalue weighted by Crippen LogP contribution is 2.31. The lowest BCUT2D eigenvalue weighted by Gasteiger charge is -2.12. The molecule has 0 amide bonds. The number of para-hydroxylation sites is 2. The molecule has 4 heteroatoms. The maximum Gasteiger partial charge on any atom is 0.161 e. The Bertz CT molecular complexity index is 772. The first-order valence-electron chi connectivity index (χ1n) is 6.63. The monoisotopic (exact) mass is 279 g/mol. The predicted molar refractivity (Wildman–Crippen MR) is 87.6 cm³/mol. The molecule has 4 rings (SSSR count). The third-order valence-corrected chi connectivity index (χ3v) is 4.30. The number of rotatable bonds is 1. The summed E-state index contributed by atoms with van der Waals surface area (Å²) in [5, 5.41) is 6.79. The summed E-state index contributed by atoms with van der Waals surface area (Å²) in [5.41, 5.74) is 3.13. The van der Waals surface area contributed by atoms with Crippen LogP contribution in [0.5, 0.6) is 0 Å². The molecule has 1 N–H and O–H groups in total. The van der Waals surface area contributed by atoms with Gasteiger partial charge in [0.05, 0.1) is 23.3 Å². The van der Waals surface area contributed by atoms with Gasteiger partial charge in [0.25, 0.3) is 0 Å². The minimum absolute atomic E-state index is 0.897. The van der Waals surface area contributed by atoms with Gasteiger partial charge in [-0.1, -0.05) is 48.2 Å². The summed E-state index contributed by atoms with van der Waals surface area (Å²) >= 11 is 1.77. The van der Waals surface area contributed by atoms with Crippen molar-refractivity contribution in [3.05, 3.63) is 48.5 Å². The molecule has 98 valence electrons. The lowest BCUT2D eigenvalue weighted by Crippen LogP contribution is -2.06. The van der Waals surface area contributed by atoms with E-state index < -0.39 is 0 Å². The Hall–Kier alpha value is -2.07. The molecule has 0 fully saturated rings. The summed E-state index contributed by atoms with van der Waals surface area (Å²) < 4.78 is 0. The summed E-state index contributed by atoms with van der Waals surface area (Å²) in [4.78, 5) is 9.22. The minimum Gasteiger partial charge on any atom is -0.334 e. The summed E-state index contributed by atoms with van der Waals surface area (Å²) in [5.74, 6) is 1.06. The van der Waals surface area contributed by atoms with Crippen molar-refractivity contribution in [3.63, 3.8) is 0 Å². The van der Waals surface area contributed by atoms with E-state index in [0.717, 1.165) is 45.0 Å². The fourth-order valence-corrected chi connectivity index (χ4v) is 3.23. The summed E-state index contributed by atoms with van der Waals surface area (Å²) in [6, 6.07) is 16.5. The molecule has 2 heterocycles. The zero-order chi connectivity index (χ0) is 13.4. The second kappa shape index (κ2) is 4.80. The van der Waals surface area contributed by atoms with Crippen molar-refractivity contribution >= 4 is 44.4 Å². The standard InChI is InChI=1S/C16H13N3S/c1-3-7-13-11(5-1)15(19-16-17-9-10-20-16)12-6-2-4-8-14(12)18-13/h1-8H,9-10H2,(H,17,18,19). The number of anilines is 1. The Morgan fingerprint density at radius 1 is 0.900 bits per heavy atom. The van der Waals surface area contributed by atoms with E-state index >= 15 is 0 Å². The molecule has 2 aromatic carbocycles. The fourth-order valence-electron chi connectivity index (χ4n) is 2.49. The number of nitrogens with one attached hydrogen (secondary N) is 1. The van der Waals surface area contributed by atoms with Crippen molar-refractivity contribution < 1.29 is 0 Å². The molecule has 20 heavy (non-hydrogen) atoms. The number of thioether (sulfide) groups is 1. The molecule has 0 aliphatic carbocycles. The van der Waals surface area contributed by atoms with Crippen LogP contribution in [0.3, 0.4) is 0 Å². The van der Waals surface area contributed by atoms with Crippen LogP contribution in [0.25, 0.3) is 21.8 Å². The van der Waals surface area contributed by atoms with Gasteiger partial charge in [-0.2, -0.15) is 0 Å². The highest BCUT2D eigenvalue weighted by molar-refractivity contribution is 8.14. The Morgan fingerprint density at radius 3 is 2.15 bits per heavy atom. The number of pyridine rings is 1. The maximum atomic E-state index is 4.73. The average molecular weight is 279 g/mol. The molecule has 3 aromatic rings. The van der Waals surface area contributed by atoms with Crippen molar-refractivity contribution in [3.8, 4) is 0 Å². The van der Waals surface area contributed by atoms with Gasteiger partial charge in [-0.25, -0.2) is 4.98 Å². The van der Waals surface area contributed by atoms with Gasteiger partial charge in [0.15, 0.2) is 5.17 Å². The molecule has 1 aliphatic rings. The SMILES string of the molecule is c1ccc2c(NC3=NCCS3)c3ccccc3nc2c1. The number of hydrogen-bond donors (Lipinski definition) is 1. The molecule has 0 radical (unpaired) electrons. The van der Waals surface area contributed by atoms with Crippen molar-refractivity contribution in [2.75, 3.05) is 17.6 Å². The van der Waals surface area contributed by atoms with E-state index in [0.29, 0.717) is 0 Å². The van der Waals surface area contributed by atoms with Crippen molar-refractivity contribution in [2.45, 2.75) is 0 Å². The first kappa shape index (κ1) is 11.7. The van der Waals surface area contributed by atoms with Gasteiger partial charge in [0.1, 0.15) is 0 Å². The van der Waals surface area contributed by atoms with E-state index in [-0.39, 0.29) is 0 Å². The quantitative estimate of drug-likeness (QED) is 0.686. The molecule has 0 bridgehead atoms. The van der Waals surface area contributed by atoms with Gasteiger partial charge in [-0.15, -0.1) is 0 Å². The number of fused-ring (bicyclic) bond motifs is 2. The fraction of sp³-hybridized carbons (Fsp3) is 0.125. The highest BCUT2D eigenvalue weighted by atomic mass is 32.2. The van der Waals surface area contributed by atoms with Crippen LogP contribution in [0.15, 0.2) is 53.5 Å². The molecular formula is C16H13N3S. The van der Waals surface area contributed by atoms with Crippen LogP contribution >= 0.6 is 11.8 Å². The third-order valence-electron chi connectivity index (χ3n) is 3.41. The average Bonchev–Trinajstić information content (AvgIpc) is 3.00. The predicted octanol–water partition coefficient (Wildman–Crippen LogP) is 3.90. The van der Waals surface area contributed by atoms with E-state index in [1.807, 2.05) is 24.3 Å². The normalized spacial score (nSPS) is 14.7. The van der Waals surface area contributed by atoms with E-state index in [2.05, 4.69) is 34.6 Å². The van der Waals surface area contributed by atoms with E-state index in [1.54, 1.807) is 11.8 Å². The van der Waals surface area contributed by atoms with E-state index in [4.69, 9.17) is 4.98 Å². The van der Waals surface area contributed by atoms with Crippen molar-refractivity contribution in [2.24, 2.45) is 4.99 Å². The molecule has 1 aliphatic heterocycles. The van der Waals surface area contributed by atoms with Crippen LogP contribution in [0.1, 0.15) is 0 Å². The van der Waals surface area contributed by atoms with Crippen LogP contribution in [0.2, 0.25) is 0 Å². The number of amidine groups is 1.